The van der Waals surface area contributed by atoms with Gasteiger partial charge in [0.25, 0.3) is 0 Å². The maximum atomic E-state index is 10.6. The minimum absolute atomic E-state index is 0.110. The predicted molar refractivity (Wildman–Crippen MR) is 113 cm³/mol. The average molecular weight is 383 g/mol. The number of hydrogen-bond acceptors (Lipinski definition) is 3. The monoisotopic (exact) mass is 382 g/mol. The van der Waals surface area contributed by atoms with Gasteiger partial charge in [0, 0.05) is 0 Å². The molecule has 0 aliphatic heterocycles. The Kier molecular flexibility index (Phi) is 7.47. The molecule has 0 saturated heterocycles. The number of fused-ring (bicyclic) bond motifs is 1. The maximum absolute atomic E-state index is 10.6. The van der Waals surface area contributed by atoms with E-state index < -0.39 is 11.2 Å². The zero-order valence-electron chi connectivity index (χ0n) is 18.8. The van der Waals surface area contributed by atoms with E-state index in [-0.39, 0.29) is 17.4 Å². The molecule has 0 amide bonds. The standard InChI is InChI=1S/C24H46O3/c1-17(23(4,5)27)11-12-18(9-7-15-22(2,3)26)19-13-14-20-21(25)10-8-16-24(19,20)6/h17-21,25-27H,7-16H2,1-6H3/t17?,18-,19?,20?,21-,24+/m0/s1. The van der Waals surface area contributed by atoms with Crippen LogP contribution in [0.1, 0.15) is 106 Å². The van der Waals surface area contributed by atoms with E-state index >= 15 is 0 Å². The van der Waals surface area contributed by atoms with E-state index in [2.05, 4.69) is 13.8 Å². The van der Waals surface area contributed by atoms with Gasteiger partial charge in [0.05, 0.1) is 17.3 Å². The molecule has 0 aromatic rings. The number of aliphatic hydroxyl groups excluding tert-OH is 1. The van der Waals surface area contributed by atoms with Crippen molar-refractivity contribution >= 4 is 0 Å². The summed E-state index contributed by atoms with van der Waals surface area (Å²) in [7, 11) is 0. The van der Waals surface area contributed by atoms with Gasteiger partial charge < -0.3 is 15.3 Å². The van der Waals surface area contributed by atoms with Crippen molar-refractivity contribution in [2.75, 3.05) is 0 Å². The summed E-state index contributed by atoms with van der Waals surface area (Å²) >= 11 is 0. The lowest BCUT2D eigenvalue weighted by molar-refractivity contribution is -0.0338. The molecule has 0 aromatic carbocycles. The summed E-state index contributed by atoms with van der Waals surface area (Å²) < 4.78 is 0. The third-order valence-corrected chi connectivity index (χ3v) is 8.27. The van der Waals surface area contributed by atoms with Crippen LogP contribution in [0, 0.1) is 29.1 Å². The van der Waals surface area contributed by atoms with Crippen molar-refractivity contribution in [2.24, 2.45) is 29.1 Å². The van der Waals surface area contributed by atoms with Crippen LogP contribution in [0.15, 0.2) is 0 Å². The lowest BCUT2D eigenvalue weighted by Crippen LogP contribution is -2.42. The Hall–Kier alpha value is -0.120. The normalized spacial score (nSPS) is 34.3. The molecule has 2 aliphatic carbocycles. The van der Waals surface area contributed by atoms with E-state index in [0.717, 1.165) is 44.9 Å². The fourth-order valence-corrected chi connectivity index (χ4v) is 6.12. The minimum atomic E-state index is -0.624. The molecule has 3 heteroatoms. The van der Waals surface area contributed by atoms with Crippen LogP contribution in [0.25, 0.3) is 0 Å². The Morgan fingerprint density at radius 3 is 2.26 bits per heavy atom. The molecule has 0 bridgehead atoms. The Morgan fingerprint density at radius 1 is 1.00 bits per heavy atom. The molecule has 6 atom stereocenters. The van der Waals surface area contributed by atoms with Crippen LogP contribution in [0.3, 0.4) is 0 Å². The summed E-state index contributed by atoms with van der Waals surface area (Å²) in [5.74, 6) is 2.07. The second-order valence-electron chi connectivity index (χ2n) is 11.4. The lowest BCUT2D eigenvalue weighted by atomic mass is 9.60. The average Bonchev–Trinajstić information content (AvgIpc) is 2.86. The van der Waals surface area contributed by atoms with Gasteiger partial charge in [-0.3, -0.25) is 0 Å². The SMILES string of the molecule is CC(CC[C@H](CCCC(C)(C)O)C1CCC2[C@@H](O)CCC[C@]12C)C(C)(C)O. The van der Waals surface area contributed by atoms with Gasteiger partial charge in [0.2, 0.25) is 0 Å². The first-order valence-electron chi connectivity index (χ1n) is 11.5. The van der Waals surface area contributed by atoms with Crippen molar-refractivity contribution in [1.29, 1.82) is 0 Å². The fraction of sp³-hybridized carbons (Fsp3) is 1.00. The van der Waals surface area contributed by atoms with E-state index in [0.29, 0.717) is 17.8 Å². The van der Waals surface area contributed by atoms with Gasteiger partial charge in [-0.1, -0.05) is 33.1 Å². The second kappa shape index (κ2) is 8.71. The van der Waals surface area contributed by atoms with Crippen LogP contribution in [-0.2, 0) is 0 Å². The smallest absolute Gasteiger partial charge is 0.0617 e. The highest BCUT2D eigenvalue weighted by Gasteiger charge is 2.52. The second-order valence-corrected chi connectivity index (χ2v) is 11.4. The summed E-state index contributed by atoms with van der Waals surface area (Å²) in [6.07, 6.45) is 11.0. The molecule has 0 spiro atoms. The third-order valence-electron chi connectivity index (χ3n) is 8.27. The minimum Gasteiger partial charge on any atom is -0.393 e. The lowest BCUT2D eigenvalue weighted by Gasteiger charge is -2.46. The zero-order chi connectivity index (χ0) is 20.5. The molecule has 0 heterocycles. The van der Waals surface area contributed by atoms with Gasteiger partial charge in [0.15, 0.2) is 0 Å². The highest BCUT2D eigenvalue weighted by atomic mass is 16.3. The molecule has 0 radical (unpaired) electrons. The fourth-order valence-electron chi connectivity index (χ4n) is 6.12. The summed E-state index contributed by atoms with van der Waals surface area (Å²) in [6.45, 7) is 12.3. The molecule has 2 rings (SSSR count). The first-order valence-corrected chi connectivity index (χ1v) is 11.5. The van der Waals surface area contributed by atoms with Crippen LogP contribution in [0.4, 0.5) is 0 Å². The third kappa shape index (κ3) is 5.93. The molecule has 2 aliphatic rings. The van der Waals surface area contributed by atoms with Crippen molar-refractivity contribution in [2.45, 2.75) is 123 Å². The highest BCUT2D eigenvalue weighted by molar-refractivity contribution is 5.02. The molecular weight excluding hydrogens is 336 g/mol. The summed E-state index contributed by atoms with van der Waals surface area (Å²) in [6, 6.07) is 0. The molecular formula is C24H46O3. The zero-order valence-corrected chi connectivity index (χ0v) is 18.8. The molecule has 160 valence electrons. The van der Waals surface area contributed by atoms with E-state index in [4.69, 9.17) is 0 Å². The molecule has 2 fully saturated rings. The van der Waals surface area contributed by atoms with Gasteiger partial charge in [-0.15, -0.1) is 0 Å². The quantitative estimate of drug-likeness (QED) is 0.506. The van der Waals surface area contributed by atoms with E-state index in [1.807, 2.05) is 27.7 Å². The van der Waals surface area contributed by atoms with Gasteiger partial charge in [-0.05, 0) is 102 Å². The molecule has 0 aromatic heterocycles. The molecule has 2 saturated carbocycles. The van der Waals surface area contributed by atoms with Gasteiger partial charge in [-0.2, -0.15) is 0 Å². The predicted octanol–water partition coefficient (Wildman–Crippen LogP) is 5.31. The Morgan fingerprint density at radius 2 is 1.67 bits per heavy atom. The molecule has 3 unspecified atom stereocenters. The first kappa shape index (κ1) is 23.2. The molecule has 27 heavy (non-hydrogen) atoms. The van der Waals surface area contributed by atoms with Crippen LogP contribution in [0.2, 0.25) is 0 Å². The van der Waals surface area contributed by atoms with Gasteiger partial charge in [-0.25, -0.2) is 0 Å². The number of rotatable bonds is 9. The van der Waals surface area contributed by atoms with Gasteiger partial charge >= 0.3 is 0 Å². The van der Waals surface area contributed by atoms with Crippen molar-refractivity contribution in [3.8, 4) is 0 Å². The largest absolute Gasteiger partial charge is 0.393 e. The molecule has 3 nitrogen and oxygen atoms in total. The van der Waals surface area contributed by atoms with Crippen molar-refractivity contribution in [3.05, 3.63) is 0 Å². The van der Waals surface area contributed by atoms with Crippen molar-refractivity contribution in [3.63, 3.8) is 0 Å². The Balaban J connectivity index is 2.08. The van der Waals surface area contributed by atoms with Crippen molar-refractivity contribution < 1.29 is 15.3 Å². The van der Waals surface area contributed by atoms with Crippen molar-refractivity contribution in [1.82, 2.24) is 0 Å². The number of hydrogen-bond donors (Lipinski definition) is 3. The first-order chi connectivity index (χ1) is 12.3. The van der Waals surface area contributed by atoms with Crippen LogP contribution in [-0.4, -0.2) is 32.6 Å². The van der Waals surface area contributed by atoms with E-state index in [1.165, 1.54) is 19.3 Å². The summed E-state index contributed by atoms with van der Waals surface area (Å²) in [5.41, 5.74) is -0.941. The van der Waals surface area contributed by atoms with Crippen LogP contribution < -0.4 is 0 Å². The summed E-state index contributed by atoms with van der Waals surface area (Å²) in [4.78, 5) is 0. The van der Waals surface area contributed by atoms with Crippen LogP contribution >= 0.6 is 0 Å². The Bertz CT molecular complexity index is 461. The molecule has 3 N–H and O–H groups in total. The number of aliphatic hydroxyl groups is 3. The van der Waals surface area contributed by atoms with Gasteiger partial charge in [0.1, 0.15) is 0 Å². The van der Waals surface area contributed by atoms with E-state index in [9.17, 15) is 15.3 Å². The maximum Gasteiger partial charge on any atom is 0.0617 e. The summed E-state index contributed by atoms with van der Waals surface area (Å²) in [5, 5.41) is 31.1. The van der Waals surface area contributed by atoms with E-state index in [1.54, 1.807) is 0 Å². The van der Waals surface area contributed by atoms with Crippen LogP contribution in [0.5, 0.6) is 0 Å². The Labute approximate surface area is 168 Å². The topological polar surface area (TPSA) is 60.7 Å². The highest BCUT2D eigenvalue weighted by Crippen LogP contribution is 2.59.